The van der Waals surface area contributed by atoms with Crippen molar-refractivity contribution in [1.29, 1.82) is 0 Å². The smallest absolute Gasteiger partial charge is 0.258 e. The van der Waals surface area contributed by atoms with Crippen molar-refractivity contribution in [2.45, 2.75) is 20.0 Å². The number of pyridine rings is 1. The zero-order chi connectivity index (χ0) is 19.4. The van der Waals surface area contributed by atoms with Gasteiger partial charge < -0.3 is 19.4 Å². The van der Waals surface area contributed by atoms with Crippen LogP contribution in [0.1, 0.15) is 22.8 Å². The van der Waals surface area contributed by atoms with E-state index in [2.05, 4.69) is 5.32 Å². The molecule has 140 valence electrons. The summed E-state index contributed by atoms with van der Waals surface area (Å²) in [6.45, 7) is 2.72. The van der Waals surface area contributed by atoms with Gasteiger partial charge in [0.2, 0.25) is 0 Å². The first-order valence-corrected chi connectivity index (χ1v) is 8.70. The SMILES string of the molecule is CCn1cc(C(=O)NCc2ccccc2)c2cc(OC)c(OC)cc2c1=O. The number of aryl methyl sites for hydroxylation is 1. The summed E-state index contributed by atoms with van der Waals surface area (Å²) in [5, 5.41) is 3.87. The molecule has 0 aliphatic rings. The van der Waals surface area contributed by atoms with E-state index in [4.69, 9.17) is 9.47 Å². The highest BCUT2D eigenvalue weighted by Crippen LogP contribution is 2.32. The molecule has 0 unspecified atom stereocenters. The number of nitrogens with zero attached hydrogens (tertiary/aromatic N) is 1. The van der Waals surface area contributed by atoms with E-state index in [-0.39, 0.29) is 11.5 Å². The molecular weight excluding hydrogens is 344 g/mol. The van der Waals surface area contributed by atoms with Crippen LogP contribution in [0.25, 0.3) is 10.8 Å². The molecule has 1 heterocycles. The number of rotatable bonds is 6. The molecule has 6 heteroatoms. The van der Waals surface area contributed by atoms with Gasteiger partial charge in [0, 0.05) is 24.7 Å². The Morgan fingerprint density at radius 1 is 1.04 bits per heavy atom. The molecular formula is C21H22N2O4. The van der Waals surface area contributed by atoms with E-state index in [1.54, 1.807) is 18.3 Å². The summed E-state index contributed by atoms with van der Waals surface area (Å²) >= 11 is 0. The van der Waals surface area contributed by atoms with Crippen LogP contribution >= 0.6 is 0 Å². The van der Waals surface area contributed by atoms with Crippen molar-refractivity contribution in [3.05, 3.63) is 70.1 Å². The summed E-state index contributed by atoms with van der Waals surface area (Å²) in [7, 11) is 3.03. The summed E-state index contributed by atoms with van der Waals surface area (Å²) in [5.74, 6) is 0.667. The minimum atomic E-state index is -0.252. The molecule has 0 atom stereocenters. The lowest BCUT2D eigenvalue weighted by molar-refractivity contribution is 0.0952. The average molecular weight is 366 g/mol. The van der Waals surface area contributed by atoms with Gasteiger partial charge in [-0.2, -0.15) is 0 Å². The number of amides is 1. The largest absolute Gasteiger partial charge is 0.493 e. The maximum atomic E-state index is 12.9. The lowest BCUT2D eigenvalue weighted by Crippen LogP contribution is -2.27. The Kier molecular flexibility index (Phi) is 5.45. The Morgan fingerprint density at radius 2 is 1.67 bits per heavy atom. The van der Waals surface area contributed by atoms with E-state index >= 15 is 0 Å². The first-order valence-electron chi connectivity index (χ1n) is 8.70. The Hall–Kier alpha value is -3.28. The number of nitrogens with one attached hydrogen (secondary N) is 1. The van der Waals surface area contributed by atoms with Crippen LogP contribution in [0.2, 0.25) is 0 Å². The summed E-state index contributed by atoms with van der Waals surface area (Å²) in [6, 6.07) is 13.0. The van der Waals surface area contributed by atoms with Crippen LogP contribution in [-0.4, -0.2) is 24.7 Å². The van der Waals surface area contributed by atoms with Crippen molar-refractivity contribution >= 4 is 16.7 Å². The van der Waals surface area contributed by atoms with Gasteiger partial charge in [-0.15, -0.1) is 0 Å². The summed E-state index contributed by atoms with van der Waals surface area (Å²) in [5.41, 5.74) is 1.25. The molecule has 1 aromatic heterocycles. The van der Waals surface area contributed by atoms with Gasteiger partial charge in [-0.05, 0) is 24.6 Å². The van der Waals surface area contributed by atoms with Crippen LogP contribution in [0.4, 0.5) is 0 Å². The first kappa shape index (κ1) is 18.5. The first-order chi connectivity index (χ1) is 13.1. The number of ether oxygens (including phenoxy) is 2. The van der Waals surface area contributed by atoms with Crippen molar-refractivity contribution < 1.29 is 14.3 Å². The topological polar surface area (TPSA) is 69.6 Å². The lowest BCUT2D eigenvalue weighted by atomic mass is 10.1. The molecule has 0 saturated carbocycles. The number of methoxy groups -OCH3 is 2. The quantitative estimate of drug-likeness (QED) is 0.728. The number of carbonyl (C=O) groups excluding carboxylic acids is 1. The van der Waals surface area contributed by atoms with Crippen LogP contribution in [0.15, 0.2) is 53.5 Å². The standard InChI is InChI=1S/C21H22N2O4/c1-4-23-13-17(20(24)22-12-14-8-6-5-7-9-14)15-10-18(26-2)19(27-3)11-16(15)21(23)25/h5-11,13H,4,12H2,1-3H3,(H,22,24). The minimum absolute atomic E-state index is 0.173. The van der Waals surface area contributed by atoms with Crippen molar-refractivity contribution in [1.82, 2.24) is 9.88 Å². The number of hydrogen-bond donors (Lipinski definition) is 1. The van der Waals surface area contributed by atoms with Gasteiger partial charge in [0.15, 0.2) is 11.5 Å². The molecule has 0 aliphatic carbocycles. The summed E-state index contributed by atoms with van der Waals surface area (Å²) < 4.78 is 12.2. The molecule has 0 aliphatic heterocycles. The predicted molar refractivity (Wildman–Crippen MR) is 105 cm³/mol. The Bertz CT molecular complexity index is 1030. The van der Waals surface area contributed by atoms with Crippen LogP contribution < -0.4 is 20.3 Å². The van der Waals surface area contributed by atoms with E-state index in [9.17, 15) is 9.59 Å². The second kappa shape index (κ2) is 7.95. The van der Waals surface area contributed by atoms with Gasteiger partial charge in [-0.1, -0.05) is 30.3 Å². The number of benzene rings is 2. The van der Waals surface area contributed by atoms with Crippen molar-refractivity contribution in [2.24, 2.45) is 0 Å². The number of fused-ring (bicyclic) bond motifs is 1. The van der Waals surface area contributed by atoms with Crippen LogP contribution in [0.3, 0.4) is 0 Å². The van der Waals surface area contributed by atoms with Crippen LogP contribution in [0, 0.1) is 0 Å². The lowest BCUT2D eigenvalue weighted by Gasteiger charge is -2.14. The van der Waals surface area contributed by atoms with Crippen LogP contribution in [-0.2, 0) is 13.1 Å². The molecule has 0 fully saturated rings. The zero-order valence-corrected chi connectivity index (χ0v) is 15.6. The molecule has 3 rings (SSSR count). The van der Waals surface area contributed by atoms with Gasteiger partial charge in [-0.25, -0.2) is 0 Å². The fourth-order valence-electron chi connectivity index (χ4n) is 3.01. The molecule has 0 radical (unpaired) electrons. The minimum Gasteiger partial charge on any atom is -0.493 e. The predicted octanol–water partition coefficient (Wildman–Crippen LogP) is 2.97. The summed E-state index contributed by atoms with van der Waals surface area (Å²) in [4.78, 5) is 25.6. The third kappa shape index (κ3) is 3.65. The number of hydrogen-bond acceptors (Lipinski definition) is 4. The highest BCUT2D eigenvalue weighted by Gasteiger charge is 2.17. The van der Waals surface area contributed by atoms with Crippen LogP contribution in [0.5, 0.6) is 11.5 Å². The van der Waals surface area contributed by atoms with Gasteiger partial charge in [0.25, 0.3) is 11.5 Å². The van der Waals surface area contributed by atoms with Crippen molar-refractivity contribution in [3.63, 3.8) is 0 Å². The van der Waals surface area contributed by atoms with Crippen molar-refractivity contribution in [2.75, 3.05) is 14.2 Å². The monoisotopic (exact) mass is 366 g/mol. The molecule has 6 nitrogen and oxygen atoms in total. The Balaban J connectivity index is 2.08. The highest BCUT2D eigenvalue weighted by molar-refractivity contribution is 6.07. The molecule has 1 amide bonds. The Morgan fingerprint density at radius 3 is 2.26 bits per heavy atom. The van der Waals surface area contributed by atoms with E-state index in [0.717, 1.165) is 5.56 Å². The van der Waals surface area contributed by atoms with Crippen molar-refractivity contribution in [3.8, 4) is 11.5 Å². The normalized spacial score (nSPS) is 10.6. The Labute approximate surface area is 157 Å². The van der Waals surface area contributed by atoms with Gasteiger partial charge >= 0.3 is 0 Å². The molecule has 0 saturated heterocycles. The molecule has 0 spiro atoms. The maximum absolute atomic E-state index is 12.9. The second-order valence-corrected chi connectivity index (χ2v) is 6.05. The summed E-state index contributed by atoms with van der Waals surface area (Å²) in [6.07, 6.45) is 1.59. The van der Waals surface area contributed by atoms with E-state index in [0.29, 0.717) is 40.9 Å². The van der Waals surface area contributed by atoms with E-state index < -0.39 is 0 Å². The van der Waals surface area contributed by atoms with Gasteiger partial charge in [-0.3, -0.25) is 9.59 Å². The molecule has 3 aromatic rings. The molecule has 1 N–H and O–H groups in total. The molecule has 0 bridgehead atoms. The third-order valence-electron chi connectivity index (χ3n) is 4.47. The van der Waals surface area contributed by atoms with Gasteiger partial charge in [0.05, 0.1) is 25.2 Å². The molecule has 27 heavy (non-hydrogen) atoms. The van der Waals surface area contributed by atoms with E-state index in [1.807, 2.05) is 37.3 Å². The second-order valence-electron chi connectivity index (χ2n) is 6.05. The van der Waals surface area contributed by atoms with E-state index in [1.165, 1.54) is 18.8 Å². The zero-order valence-electron chi connectivity index (χ0n) is 15.6. The molecule has 2 aromatic carbocycles. The average Bonchev–Trinajstić information content (AvgIpc) is 2.72. The fraction of sp³-hybridized carbons (Fsp3) is 0.238. The fourth-order valence-corrected chi connectivity index (χ4v) is 3.01. The number of carbonyl (C=O) groups is 1. The van der Waals surface area contributed by atoms with Gasteiger partial charge in [0.1, 0.15) is 0 Å². The highest BCUT2D eigenvalue weighted by atomic mass is 16.5. The third-order valence-corrected chi connectivity index (χ3v) is 4.47. The number of aromatic nitrogens is 1. The maximum Gasteiger partial charge on any atom is 0.258 e.